The van der Waals surface area contributed by atoms with Gasteiger partial charge in [-0.15, -0.1) is 0 Å². The Morgan fingerprint density at radius 2 is 1.78 bits per heavy atom. The summed E-state index contributed by atoms with van der Waals surface area (Å²) in [5.74, 6) is 0. The summed E-state index contributed by atoms with van der Waals surface area (Å²) in [6.07, 6.45) is 4.44. The third-order valence-electron chi connectivity index (χ3n) is 3.66. The Kier molecular flexibility index (Phi) is 5.51. The molecule has 4 heteroatoms. The Balaban J connectivity index is 1.55. The van der Waals surface area contributed by atoms with E-state index < -0.39 is 0 Å². The van der Waals surface area contributed by atoms with Gasteiger partial charge in [0.2, 0.25) is 0 Å². The first kappa shape index (κ1) is 15.8. The summed E-state index contributed by atoms with van der Waals surface area (Å²) in [5, 5.41) is 3.90. The fraction of sp³-hybridized carbons (Fsp3) is 0.211. The number of carbonyl (C=O) groups excluding carboxylic acids is 1. The van der Waals surface area contributed by atoms with Crippen molar-refractivity contribution < 1.29 is 9.53 Å². The number of hydrogen-bond acceptors (Lipinski definition) is 2. The number of cyclic esters (lactones) is 1. The Morgan fingerprint density at radius 1 is 1.09 bits per heavy atom. The van der Waals surface area contributed by atoms with Gasteiger partial charge in [0.05, 0.1) is 0 Å². The monoisotopic (exact) mass is 373 g/mol. The second-order valence-corrected chi connectivity index (χ2v) is 7.63. The molecule has 0 aromatic heterocycles. The van der Waals surface area contributed by atoms with Crippen LogP contribution in [0.5, 0.6) is 0 Å². The van der Waals surface area contributed by atoms with Crippen LogP contribution in [0.15, 0.2) is 72.8 Å². The van der Waals surface area contributed by atoms with E-state index in [0.717, 1.165) is 17.3 Å². The zero-order chi connectivity index (χ0) is 15.9. The van der Waals surface area contributed by atoms with Crippen molar-refractivity contribution in [1.29, 1.82) is 0 Å². The molecule has 1 amide bonds. The van der Waals surface area contributed by atoms with E-state index in [1.54, 1.807) is 0 Å². The van der Waals surface area contributed by atoms with Crippen LogP contribution in [0.4, 0.5) is 4.79 Å². The minimum absolute atomic E-state index is 0.0201. The van der Waals surface area contributed by atoms with Gasteiger partial charge in [0, 0.05) is 0 Å². The van der Waals surface area contributed by atoms with Crippen LogP contribution in [0.25, 0.3) is 0 Å². The summed E-state index contributed by atoms with van der Waals surface area (Å²) in [7, 11) is 0. The number of alkyl carbamates (subject to hydrolysis) is 1. The summed E-state index contributed by atoms with van der Waals surface area (Å²) in [4.78, 5) is 11.7. The Morgan fingerprint density at radius 3 is 2.52 bits per heavy atom. The van der Waals surface area contributed by atoms with E-state index in [1.807, 2.05) is 42.5 Å². The van der Waals surface area contributed by atoms with Gasteiger partial charge in [0.15, 0.2) is 0 Å². The average Bonchev–Trinajstić information content (AvgIpc) is 2.60. The number of carbonyl (C=O) groups is 1. The molecule has 23 heavy (non-hydrogen) atoms. The van der Waals surface area contributed by atoms with Gasteiger partial charge in [-0.25, -0.2) is 0 Å². The fourth-order valence-electron chi connectivity index (χ4n) is 2.54. The van der Waals surface area contributed by atoms with Gasteiger partial charge in [-0.3, -0.25) is 0 Å². The predicted molar refractivity (Wildman–Crippen MR) is 93.0 cm³/mol. The molecule has 2 aromatic rings. The van der Waals surface area contributed by atoms with Crippen LogP contribution in [0.1, 0.15) is 18.0 Å². The first-order chi connectivity index (χ1) is 11.3. The predicted octanol–water partition coefficient (Wildman–Crippen LogP) is 3.23. The molecule has 0 aliphatic carbocycles. The maximum atomic E-state index is 11.7. The first-order valence-electron chi connectivity index (χ1n) is 7.68. The van der Waals surface area contributed by atoms with Crippen molar-refractivity contribution >= 4 is 25.5 Å². The Labute approximate surface area is 142 Å². The van der Waals surface area contributed by atoms with Gasteiger partial charge in [-0.05, 0) is 0 Å². The van der Waals surface area contributed by atoms with Gasteiger partial charge in [-0.1, -0.05) is 0 Å². The molecule has 118 valence electrons. The molecule has 1 aliphatic heterocycles. The number of nitrogens with one attached hydrogen (secondary N) is 1. The third kappa shape index (κ3) is 4.72. The second-order valence-electron chi connectivity index (χ2n) is 5.34. The summed E-state index contributed by atoms with van der Waals surface area (Å²) < 4.78 is 6.74. The van der Waals surface area contributed by atoms with Crippen molar-refractivity contribution in [2.75, 3.05) is 0 Å². The molecule has 1 fully saturated rings. The molecule has 0 spiro atoms. The number of amides is 1. The number of hydrogen-bond donors (Lipinski definition) is 1. The van der Waals surface area contributed by atoms with E-state index in [-0.39, 0.29) is 18.2 Å². The molecule has 1 saturated heterocycles. The van der Waals surface area contributed by atoms with Crippen molar-refractivity contribution in [3.63, 3.8) is 0 Å². The van der Waals surface area contributed by atoms with Crippen molar-refractivity contribution in [2.24, 2.45) is 0 Å². The molecular formula is C19H19NO2Se. The summed E-state index contributed by atoms with van der Waals surface area (Å²) in [6, 6.07) is 20.5. The van der Waals surface area contributed by atoms with Crippen molar-refractivity contribution in [1.82, 2.24) is 5.32 Å². The summed E-state index contributed by atoms with van der Waals surface area (Å²) in [5.41, 5.74) is 1.12. The van der Waals surface area contributed by atoms with Crippen LogP contribution in [-0.2, 0) is 4.74 Å². The van der Waals surface area contributed by atoms with Gasteiger partial charge in [0.1, 0.15) is 0 Å². The Hall–Kier alpha value is -2.03. The SMILES string of the molecule is O=C1N[C@@H](c2ccccc2)C[C@@H](/C=C/C[Se]c2ccccc2)O1. The van der Waals surface area contributed by atoms with Gasteiger partial charge in [-0.2, -0.15) is 0 Å². The molecule has 0 radical (unpaired) electrons. The molecule has 0 saturated carbocycles. The van der Waals surface area contributed by atoms with E-state index >= 15 is 0 Å². The molecular weight excluding hydrogens is 353 g/mol. The molecule has 0 unspecified atom stereocenters. The van der Waals surface area contributed by atoms with Crippen LogP contribution in [-0.4, -0.2) is 27.2 Å². The Bertz CT molecular complexity index is 658. The first-order valence-corrected chi connectivity index (χ1v) is 9.74. The molecule has 3 nitrogen and oxygen atoms in total. The summed E-state index contributed by atoms with van der Waals surface area (Å²) >= 11 is 0.424. The average molecular weight is 372 g/mol. The topological polar surface area (TPSA) is 38.3 Å². The molecule has 1 N–H and O–H groups in total. The van der Waals surface area contributed by atoms with Crippen molar-refractivity contribution in [3.8, 4) is 0 Å². The van der Waals surface area contributed by atoms with Crippen LogP contribution in [0, 0.1) is 0 Å². The van der Waals surface area contributed by atoms with Gasteiger partial charge >= 0.3 is 143 Å². The fourth-order valence-corrected chi connectivity index (χ4v) is 4.12. The summed E-state index contributed by atoms with van der Waals surface area (Å²) in [6.45, 7) is 0. The molecule has 1 heterocycles. The zero-order valence-electron chi connectivity index (χ0n) is 12.7. The molecule has 2 aromatic carbocycles. The molecule has 3 rings (SSSR count). The standard InChI is InChI=1S/C19H19NO2Se/c21-19-20-18(15-8-3-1-4-9-15)14-16(22-19)10-7-13-23-17-11-5-2-6-12-17/h1-12,16,18H,13-14H2,(H,20,21)/b10-7+/t16-,18-/m1/s1. The van der Waals surface area contributed by atoms with E-state index in [1.165, 1.54) is 4.46 Å². The maximum absolute atomic E-state index is 11.7. The van der Waals surface area contributed by atoms with Gasteiger partial charge in [0.25, 0.3) is 0 Å². The quantitative estimate of drug-likeness (QED) is 0.647. The van der Waals surface area contributed by atoms with Crippen LogP contribution in [0.3, 0.4) is 0 Å². The molecule has 1 aliphatic rings. The zero-order valence-corrected chi connectivity index (χ0v) is 14.4. The van der Waals surface area contributed by atoms with E-state index in [2.05, 4.69) is 35.7 Å². The molecule has 0 bridgehead atoms. The number of allylic oxidation sites excluding steroid dienone is 1. The van der Waals surface area contributed by atoms with E-state index in [0.29, 0.717) is 15.0 Å². The number of benzene rings is 2. The van der Waals surface area contributed by atoms with Gasteiger partial charge < -0.3 is 0 Å². The van der Waals surface area contributed by atoms with E-state index in [4.69, 9.17) is 4.74 Å². The second kappa shape index (κ2) is 8.00. The third-order valence-corrected chi connectivity index (χ3v) is 5.68. The van der Waals surface area contributed by atoms with Crippen LogP contribution in [0.2, 0.25) is 5.32 Å². The van der Waals surface area contributed by atoms with Crippen molar-refractivity contribution in [2.45, 2.75) is 23.9 Å². The van der Waals surface area contributed by atoms with Crippen LogP contribution < -0.4 is 9.78 Å². The minimum atomic E-state index is -0.340. The van der Waals surface area contributed by atoms with E-state index in [9.17, 15) is 4.79 Å². The normalized spacial score (nSPS) is 21.0. The van der Waals surface area contributed by atoms with Crippen LogP contribution >= 0.6 is 0 Å². The molecule has 2 atom stereocenters. The number of rotatable bonds is 5. The number of ether oxygens (including phenoxy) is 1. The van der Waals surface area contributed by atoms with Crippen molar-refractivity contribution in [3.05, 3.63) is 78.4 Å².